The highest BCUT2D eigenvalue weighted by Gasteiger charge is 2.37. The highest BCUT2D eigenvalue weighted by molar-refractivity contribution is 7.90. The van der Waals surface area contributed by atoms with E-state index in [-0.39, 0.29) is 56.2 Å². The van der Waals surface area contributed by atoms with Gasteiger partial charge in [-0.15, -0.1) is 0 Å². The van der Waals surface area contributed by atoms with Crippen LogP contribution in [-0.4, -0.2) is 121 Å². The molecule has 0 saturated carbocycles. The molecule has 5 heterocycles. The van der Waals surface area contributed by atoms with Crippen LogP contribution in [0.25, 0.3) is 22.2 Å². The van der Waals surface area contributed by atoms with Crippen molar-refractivity contribution in [2.75, 3.05) is 78.8 Å². The lowest BCUT2D eigenvalue weighted by Gasteiger charge is -2.41. The Hall–Kier alpha value is -6.51. The molecular formula is C44H46F3N9O7S. The van der Waals surface area contributed by atoms with Gasteiger partial charge in [-0.1, -0.05) is 19.1 Å². The van der Waals surface area contributed by atoms with Crippen molar-refractivity contribution in [3.05, 3.63) is 102 Å². The third-order valence-corrected chi connectivity index (χ3v) is 13.8. The number of nitrogens with zero attached hydrogens (tertiary/aromatic N) is 6. The van der Waals surface area contributed by atoms with Gasteiger partial charge in [-0.2, -0.15) is 12.7 Å². The molecule has 8 rings (SSSR count). The average Bonchev–Trinajstić information content (AvgIpc) is 3.71. The van der Waals surface area contributed by atoms with Gasteiger partial charge < -0.3 is 24.8 Å². The lowest BCUT2D eigenvalue weighted by atomic mass is 9.87. The first-order chi connectivity index (χ1) is 30.5. The summed E-state index contributed by atoms with van der Waals surface area (Å²) in [6.45, 7) is 4.48. The molecule has 2 aromatic heterocycles. The zero-order valence-corrected chi connectivity index (χ0v) is 35.9. The van der Waals surface area contributed by atoms with Gasteiger partial charge in [0.05, 0.1) is 29.0 Å². The summed E-state index contributed by atoms with van der Waals surface area (Å²) in [5.41, 5.74) is 0.478. The number of carbonyl (C=O) groups excluding carboxylic acids is 4. The van der Waals surface area contributed by atoms with Crippen LogP contribution in [0, 0.1) is 17.5 Å². The summed E-state index contributed by atoms with van der Waals surface area (Å²) in [5, 5.41) is 14.0. The first-order valence-electron chi connectivity index (χ1n) is 20.8. The maximum absolute atomic E-state index is 15.6. The molecule has 4 N–H and O–H groups in total. The standard InChI is InChI=1S/C44H46F3N9O7S/c1-3-52(2)64(62,63)51-35-10-9-33(45)39(40(35)47)41(59)32-26-49-42-31(32)22-28(25-48-42)27-4-6-29(7-5-27)53-18-20-55(21-19-53)38(58)24-44(61)13-16-54(17-14-44)36-11-8-30(23-34(36)46)56-15-12-37(57)50-43(56)60/h4-11,22-23,25-26,51,61H,3,12-21,24H2,1-2H3,(H,48,49)(H,50,57,60). The highest BCUT2D eigenvalue weighted by atomic mass is 32.2. The van der Waals surface area contributed by atoms with Gasteiger partial charge in [0.15, 0.2) is 5.82 Å². The first-order valence-corrected chi connectivity index (χ1v) is 22.2. The molecule has 4 amide bonds. The number of urea groups is 1. The van der Waals surface area contributed by atoms with Gasteiger partial charge >= 0.3 is 16.2 Å². The van der Waals surface area contributed by atoms with E-state index in [1.807, 2.05) is 29.2 Å². The van der Waals surface area contributed by atoms with E-state index in [0.29, 0.717) is 67.2 Å². The first kappa shape index (κ1) is 44.1. The number of amides is 4. The van der Waals surface area contributed by atoms with E-state index < -0.39 is 56.3 Å². The van der Waals surface area contributed by atoms with Crippen LogP contribution in [0.15, 0.2) is 73.1 Å². The number of fused-ring (bicyclic) bond motifs is 1. The van der Waals surface area contributed by atoms with E-state index in [9.17, 15) is 32.7 Å². The van der Waals surface area contributed by atoms with E-state index in [1.54, 1.807) is 36.2 Å². The number of aromatic amines is 1. The summed E-state index contributed by atoms with van der Waals surface area (Å²) in [6.07, 6.45) is 3.50. The Kier molecular flexibility index (Phi) is 12.1. The van der Waals surface area contributed by atoms with Gasteiger partial charge in [-0.3, -0.25) is 29.3 Å². The summed E-state index contributed by atoms with van der Waals surface area (Å²) < 4.78 is 74.0. The van der Waals surface area contributed by atoms with Crippen LogP contribution in [0.2, 0.25) is 0 Å². The number of H-pyrrole nitrogens is 1. The third-order valence-electron chi connectivity index (χ3n) is 12.2. The summed E-state index contributed by atoms with van der Waals surface area (Å²) in [6, 6.07) is 14.9. The van der Waals surface area contributed by atoms with E-state index in [0.717, 1.165) is 27.7 Å². The van der Waals surface area contributed by atoms with Crippen molar-refractivity contribution in [2.45, 2.75) is 38.2 Å². The fourth-order valence-electron chi connectivity index (χ4n) is 8.25. The third kappa shape index (κ3) is 8.84. The predicted octanol–water partition coefficient (Wildman–Crippen LogP) is 5.00. The maximum atomic E-state index is 15.6. The zero-order chi connectivity index (χ0) is 45.5. The fourth-order valence-corrected chi connectivity index (χ4v) is 9.18. The van der Waals surface area contributed by atoms with E-state index in [1.165, 1.54) is 24.2 Å². The summed E-state index contributed by atoms with van der Waals surface area (Å²) in [4.78, 5) is 65.1. The Bertz CT molecular complexity index is 2750. The summed E-state index contributed by atoms with van der Waals surface area (Å²) in [5.74, 6) is -4.57. The number of benzene rings is 3. The van der Waals surface area contributed by atoms with E-state index in [2.05, 4.69) is 24.9 Å². The van der Waals surface area contributed by atoms with Crippen molar-refractivity contribution in [3.8, 4) is 11.1 Å². The molecule has 0 bridgehead atoms. The predicted molar refractivity (Wildman–Crippen MR) is 234 cm³/mol. The number of hydrogen-bond donors (Lipinski definition) is 4. The smallest absolute Gasteiger partial charge is 0.328 e. The molecule has 5 aromatic rings. The van der Waals surface area contributed by atoms with Crippen LogP contribution in [0.4, 0.5) is 40.7 Å². The zero-order valence-electron chi connectivity index (χ0n) is 35.0. The second-order valence-corrected chi connectivity index (χ2v) is 17.9. The van der Waals surface area contributed by atoms with Gasteiger partial charge in [0.2, 0.25) is 17.6 Å². The number of ketones is 1. The molecule has 0 spiro atoms. The van der Waals surface area contributed by atoms with Gasteiger partial charge in [0.25, 0.3) is 0 Å². The molecule has 0 aliphatic carbocycles. The summed E-state index contributed by atoms with van der Waals surface area (Å²) in [7, 11) is -2.87. The van der Waals surface area contributed by atoms with Gasteiger partial charge in [0, 0.05) is 106 Å². The number of imide groups is 1. The number of carbonyl (C=O) groups is 4. The van der Waals surface area contributed by atoms with Crippen molar-refractivity contribution in [2.24, 2.45) is 0 Å². The fraction of sp³-hybridized carbons (Fsp3) is 0.341. The van der Waals surface area contributed by atoms with E-state index in [4.69, 9.17) is 0 Å². The molecular weight excluding hydrogens is 856 g/mol. The van der Waals surface area contributed by atoms with E-state index >= 15 is 13.2 Å². The minimum Gasteiger partial charge on any atom is -0.389 e. The lowest BCUT2D eigenvalue weighted by Crippen LogP contribution is -2.52. The van der Waals surface area contributed by atoms with Crippen molar-refractivity contribution in [3.63, 3.8) is 0 Å². The number of rotatable bonds is 12. The molecule has 0 unspecified atom stereocenters. The number of hydrogen-bond acceptors (Lipinski definition) is 10. The molecule has 20 heteroatoms. The minimum atomic E-state index is -4.16. The minimum absolute atomic E-state index is 0.0543. The van der Waals surface area contributed by atoms with Crippen LogP contribution in [0.3, 0.4) is 0 Å². The second-order valence-electron chi connectivity index (χ2n) is 16.2. The quantitative estimate of drug-likeness (QED) is 0.124. The largest absolute Gasteiger partial charge is 0.389 e. The normalized spacial score (nSPS) is 17.0. The number of anilines is 4. The lowest BCUT2D eigenvalue weighted by molar-refractivity contribution is -0.137. The van der Waals surface area contributed by atoms with Gasteiger partial charge in [0.1, 0.15) is 17.3 Å². The number of aliphatic hydroxyl groups is 1. The molecule has 0 atom stereocenters. The van der Waals surface area contributed by atoms with Gasteiger partial charge in [-0.05, 0) is 66.9 Å². The van der Waals surface area contributed by atoms with Crippen LogP contribution in [-0.2, 0) is 19.8 Å². The van der Waals surface area contributed by atoms with Crippen molar-refractivity contribution in [1.29, 1.82) is 0 Å². The SMILES string of the molecule is CCN(C)S(=O)(=O)Nc1ccc(F)c(C(=O)c2c[nH]c3ncc(-c4ccc(N5CCN(C(=O)CC6(O)CCN(c7ccc(N8CCC(=O)NC8=O)cc7F)CC6)CC5)cc4)cc23)c1F. The maximum Gasteiger partial charge on any atom is 0.328 e. The number of piperazine rings is 1. The topological polar surface area (TPSA) is 192 Å². The number of nitrogens with one attached hydrogen (secondary N) is 3. The molecule has 64 heavy (non-hydrogen) atoms. The Labute approximate surface area is 366 Å². The Morgan fingerprint density at radius 2 is 1.58 bits per heavy atom. The number of piperidine rings is 1. The molecule has 3 saturated heterocycles. The van der Waals surface area contributed by atoms with Gasteiger partial charge in [-0.25, -0.2) is 22.9 Å². The second kappa shape index (κ2) is 17.6. The summed E-state index contributed by atoms with van der Waals surface area (Å²) >= 11 is 0. The molecule has 3 aliphatic rings. The average molecular weight is 902 g/mol. The van der Waals surface area contributed by atoms with Crippen LogP contribution in [0.5, 0.6) is 0 Å². The number of halogens is 3. The molecule has 3 aliphatic heterocycles. The van der Waals surface area contributed by atoms with Crippen molar-refractivity contribution < 1.29 is 45.9 Å². The Balaban J connectivity index is 0.862. The van der Waals surface area contributed by atoms with Crippen molar-refractivity contribution >= 4 is 67.6 Å². The Morgan fingerprint density at radius 1 is 0.875 bits per heavy atom. The molecule has 336 valence electrons. The molecule has 16 nitrogen and oxygen atoms in total. The number of aromatic nitrogens is 2. The van der Waals surface area contributed by atoms with Crippen LogP contribution >= 0.6 is 0 Å². The van der Waals surface area contributed by atoms with Crippen LogP contribution < -0.4 is 24.7 Å². The Morgan fingerprint density at radius 3 is 2.25 bits per heavy atom. The monoisotopic (exact) mass is 901 g/mol. The molecule has 3 fully saturated rings. The molecule has 0 radical (unpaired) electrons. The highest BCUT2D eigenvalue weighted by Crippen LogP contribution is 2.34. The number of pyridine rings is 1. The van der Waals surface area contributed by atoms with Crippen LogP contribution in [0.1, 0.15) is 48.5 Å². The molecule has 3 aromatic carbocycles. The van der Waals surface area contributed by atoms with Crippen molar-refractivity contribution in [1.82, 2.24) is 24.5 Å².